The van der Waals surface area contributed by atoms with Crippen LogP contribution in [-0.4, -0.2) is 54.7 Å². The van der Waals surface area contributed by atoms with E-state index in [1.54, 1.807) is 4.90 Å². The summed E-state index contributed by atoms with van der Waals surface area (Å²) in [5, 5.41) is 6.36. The third kappa shape index (κ3) is 7.20. The molecule has 0 spiro atoms. The Balaban J connectivity index is 1.54. The highest BCUT2D eigenvalue weighted by atomic mass is 16.6. The van der Waals surface area contributed by atoms with E-state index in [0.717, 1.165) is 51.9 Å². The van der Waals surface area contributed by atoms with Crippen molar-refractivity contribution >= 4 is 12.0 Å². The van der Waals surface area contributed by atoms with Crippen LogP contribution in [0.15, 0.2) is 0 Å². The van der Waals surface area contributed by atoms with Crippen LogP contribution >= 0.6 is 0 Å². The number of carbonyl (C=O) groups excluding carboxylic acids is 2. The first kappa shape index (κ1) is 18.0. The Labute approximate surface area is 139 Å². The monoisotopic (exact) mass is 325 g/mol. The van der Waals surface area contributed by atoms with Gasteiger partial charge in [0.05, 0.1) is 0 Å². The molecule has 0 radical (unpaired) electrons. The molecule has 0 unspecified atom stereocenters. The first-order valence-corrected chi connectivity index (χ1v) is 8.81. The summed E-state index contributed by atoms with van der Waals surface area (Å²) in [6.45, 7) is 8.82. The number of likely N-dealkylation sites (tertiary alicyclic amines) is 1. The zero-order chi connectivity index (χ0) is 16.9. The van der Waals surface area contributed by atoms with Gasteiger partial charge in [0.15, 0.2) is 0 Å². The Kier molecular flexibility index (Phi) is 6.27. The predicted molar refractivity (Wildman–Crippen MR) is 89.2 cm³/mol. The number of hydrogen-bond donors (Lipinski definition) is 2. The Hall–Kier alpha value is -1.30. The molecule has 1 aliphatic carbocycles. The van der Waals surface area contributed by atoms with E-state index in [2.05, 4.69) is 10.6 Å². The minimum Gasteiger partial charge on any atom is -0.444 e. The van der Waals surface area contributed by atoms with Crippen molar-refractivity contribution in [3.8, 4) is 0 Å². The number of nitrogens with one attached hydrogen (secondary N) is 2. The number of piperidine rings is 1. The fraction of sp³-hybridized carbons (Fsp3) is 0.882. The molecule has 0 aromatic heterocycles. The molecule has 2 aliphatic rings. The largest absolute Gasteiger partial charge is 0.444 e. The van der Waals surface area contributed by atoms with Crippen LogP contribution in [0.5, 0.6) is 0 Å². The Morgan fingerprint density at radius 2 is 1.78 bits per heavy atom. The third-order valence-corrected chi connectivity index (χ3v) is 4.17. The van der Waals surface area contributed by atoms with Gasteiger partial charge in [0.25, 0.3) is 0 Å². The van der Waals surface area contributed by atoms with Gasteiger partial charge in [0, 0.05) is 32.1 Å². The second-order valence-corrected chi connectivity index (χ2v) is 7.71. The molecule has 0 atom stereocenters. The summed E-state index contributed by atoms with van der Waals surface area (Å²) in [5.41, 5.74) is -0.434. The molecule has 1 heterocycles. The first-order valence-electron chi connectivity index (χ1n) is 8.81. The molecule has 23 heavy (non-hydrogen) atoms. The Morgan fingerprint density at radius 1 is 1.13 bits per heavy atom. The summed E-state index contributed by atoms with van der Waals surface area (Å²) in [7, 11) is 0. The zero-order valence-electron chi connectivity index (χ0n) is 14.7. The number of ether oxygens (including phenoxy) is 1. The number of hydrogen-bond acceptors (Lipinski definition) is 4. The van der Waals surface area contributed by atoms with E-state index in [4.69, 9.17) is 4.74 Å². The lowest BCUT2D eigenvalue weighted by atomic mass is 9.97. The maximum Gasteiger partial charge on any atom is 0.410 e. The second kappa shape index (κ2) is 7.99. The lowest BCUT2D eigenvalue weighted by Gasteiger charge is -2.33. The van der Waals surface area contributed by atoms with E-state index < -0.39 is 5.60 Å². The molecule has 2 rings (SSSR count). The van der Waals surface area contributed by atoms with Crippen LogP contribution in [0.2, 0.25) is 0 Å². The van der Waals surface area contributed by atoms with Crippen molar-refractivity contribution in [1.29, 1.82) is 0 Å². The third-order valence-electron chi connectivity index (χ3n) is 4.17. The molecule has 6 nitrogen and oxygen atoms in total. The van der Waals surface area contributed by atoms with Crippen molar-refractivity contribution in [2.24, 2.45) is 5.92 Å². The number of amides is 2. The average Bonchev–Trinajstić information content (AvgIpc) is 3.26. The predicted octanol–water partition coefficient (Wildman–Crippen LogP) is 1.89. The topological polar surface area (TPSA) is 70.7 Å². The molecular weight excluding hydrogens is 294 g/mol. The quantitative estimate of drug-likeness (QED) is 0.732. The van der Waals surface area contributed by atoms with E-state index >= 15 is 0 Å². The molecule has 0 aromatic carbocycles. The highest BCUT2D eigenvalue weighted by Crippen LogP contribution is 2.19. The van der Waals surface area contributed by atoms with Gasteiger partial charge in [-0.05, 0) is 58.9 Å². The van der Waals surface area contributed by atoms with Gasteiger partial charge in [0.2, 0.25) is 5.91 Å². The van der Waals surface area contributed by atoms with E-state index in [0.29, 0.717) is 18.4 Å². The highest BCUT2D eigenvalue weighted by Gasteiger charge is 2.26. The van der Waals surface area contributed by atoms with E-state index in [1.165, 1.54) is 0 Å². The summed E-state index contributed by atoms with van der Waals surface area (Å²) in [6.07, 6.45) is 4.58. The van der Waals surface area contributed by atoms with Gasteiger partial charge in [0.1, 0.15) is 5.60 Å². The lowest BCUT2D eigenvalue weighted by Crippen LogP contribution is -2.43. The van der Waals surface area contributed by atoms with Crippen molar-refractivity contribution in [3.63, 3.8) is 0 Å². The highest BCUT2D eigenvalue weighted by molar-refractivity contribution is 5.76. The standard InChI is InChI=1S/C17H31N3O3/c1-17(2,3)23-16(22)20-10-7-13(8-11-20)12-18-9-6-15(21)19-14-4-5-14/h13-14,18H,4-12H2,1-3H3,(H,19,21). The summed E-state index contributed by atoms with van der Waals surface area (Å²) < 4.78 is 5.40. The van der Waals surface area contributed by atoms with Gasteiger partial charge < -0.3 is 20.3 Å². The Morgan fingerprint density at radius 3 is 2.35 bits per heavy atom. The van der Waals surface area contributed by atoms with Crippen molar-refractivity contribution < 1.29 is 14.3 Å². The van der Waals surface area contributed by atoms with Crippen LogP contribution in [0.4, 0.5) is 4.79 Å². The molecule has 132 valence electrons. The fourth-order valence-electron chi connectivity index (χ4n) is 2.68. The van der Waals surface area contributed by atoms with Crippen LogP contribution in [0.25, 0.3) is 0 Å². The van der Waals surface area contributed by atoms with E-state index in [1.807, 2.05) is 20.8 Å². The lowest BCUT2D eigenvalue weighted by molar-refractivity contribution is -0.121. The number of nitrogens with zero attached hydrogens (tertiary/aromatic N) is 1. The second-order valence-electron chi connectivity index (χ2n) is 7.71. The smallest absolute Gasteiger partial charge is 0.410 e. The van der Waals surface area contributed by atoms with Crippen molar-refractivity contribution in [2.75, 3.05) is 26.2 Å². The summed E-state index contributed by atoms with van der Waals surface area (Å²) in [5.74, 6) is 0.722. The molecule has 1 saturated carbocycles. The average molecular weight is 325 g/mol. The van der Waals surface area contributed by atoms with Gasteiger partial charge in [-0.3, -0.25) is 4.79 Å². The molecule has 0 bridgehead atoms. The minimum absolute atomic E-state index is 0.153. The van der Waals surface area contributed by atoms with Crippen molar-refractivity contribution in [3.05, 3.63) is 0 Å². The van der Waals surface area contributed by atoms with E-state index in [-0.39, 0.29) is 12.0 Å². The van der Waals surface area contributed by atoms with Gasteiger partial charge in [-0.2, -0.15) is 0 Å². The molecule has 1 aliphatic heterocycles. The molecule has 1 saturated heterocycles. The van der Waals surface area contributed by atoms with Gasteiger partial charge in [-0.25, -0.2) is 4.79 Å². The number of carbonyl (C=O) groups is 2. The van der Waals surface area contributed by atoms with Crippen LogP contribution < -0.4 is 10.6 Å². The molecular formula is C17H31N3O3. The van der Waals surface area contributed by atoms with Crippen molar-refractivity contribution in [2.45, 2.75) is 64.5 Å². The SMILES string of the molecule is CC(C)(C)OC(=O)N1CCC(CNCCC(=O)NC2CC2)CC1. The van der Waals surface area contributed by atoms with Crippen LogP contribution in [0, 0.1) is 5.92 Å². The minimum atomic E-state index is -0.434. The first-order chi connectivity index (χ1) is 10.8. The fourth-order valence-corrected chi connectivity index (χ4v) is 2.68. The van der Waals surface area contributed by atoms with Gasteiger partial charge in [-0.1, -0.05) is 0 Å². The van der Waals surface area contributed by atoms with E-state index in [9.17, 15) is 9.59 Å². The van der Waals surface area contributed by atoms with Gasteiger partial charge in [-0.15, -0.1) is 0 Å². The molecule has 2 N–H and O–H groups in total. The van der Waals surface area contributed by atoms with Crippen LogP contribution in [-0.2, 0) is 9.53 Å². The van der Waals surface area contributed by atoms with Crippen LogP contribution in [0.1, 0.15) is 52.9 Å². The van der Waals surface area contributed by atoms with Crippen LogP contribution in [0.3, 0.4) is 0 Å². The molecule has 6 heteroatoms. The summed E-state index contributed by atoms with van der Waals surface area (Å²) in [6, 6.07) is 0.444. The Bertz CT molecular complexity index is 408. The normalized spacial score (nSPS) is 19.5. The molecule has 2 amide bonds. The van der Waals surface area contributed by atoms with Gasteiger partial charge >= 0.3 is 6.09 Å². The maximum absolute atomic E-state index is 12.0. The molecule has 2 fully saturated rings. The number of rotatable bonds is 6. The van der Waals surface area contributed by atoms with Crippen molar-refractivity contribution in [1.82, 2.24) is 15.5 Å². The summed E-state index contributed by atoms with van der Waals surface area (Å²) in [4.78, 5) is 25.4. The summed E-state index contributed by atoms with van der Waals surface area (Å²) >= 11 is 0. The molecule has 0 aromatic rings. The zero-order valence-corrected chi connectivity index (χ0v) is 14.7. The maximum atomic E-state index is 12.0.